The number of nitrogens with zero attached hydrogens (tertiary/aromatic N) is 4. The highest BCUT2D eigenvalue weighted by Gasteiger charge is 2.19. The first-order valence-electron chi connectivity index (χ1n) is 6.74. The van der Waals surface area contributed by atoms with Gasteiger partial charge in [-0.05, 0) is 37.3 Å². The van der Waals surface area contributed by atoms with Gasteiger partial charge < -0.3 is 10.2 Å². The minimum absolute atomic E-state index is 0.285. The molecule has 6 heteroatoms. The smallest absolute Gasteiger partial charge is 0.231 e. The van der Waals surface area contributed by atoms with Gasteiger partial charge >= 0.3 is 0 Å². The third-order valence-corrected chi connectivity index (χ3v) is 3.84. The van der Waals surface area contributed by atoms with Crippen molar-refractivity contribution in [2.45, 2.75) is 44.6 Å². The maximum absolute atomic E-state index is 5.98. The second kappa shape index (κ2) is 5.26. The van der Waals surface area contributed by atoms with Crippen LogP contribution >= 0.6 is 11.6 Å². The summed E-state index contributed by atoms with van der Waals surface area (Å²) in [6.07, 6.45) is 7.37. The molecule has 98 valence electrons. The summed E-state index contributed by atoms with van der Waals surface area (Å²) in [6, 6.07) is 0.495. The van der Waals surface area contributed by atoms with E-state index in [1.807, 2.05) is 0 Å². The van der Waals surface area contributed by atoms with E-state index in [0.717, 1.165) is 13.1 Å². The zero-order valence-corrected chi connectivity index (χ0v) is 11.2. The van der Waals surface area contributed by atoms with E-state index in [1.54, 1.807) is 0 Å². The fourth-order valence-corrected chi connectivity index (χ4v) is 2.87. The Bertz CT molecular complexity index is 413. The molecule has 5 nitrogen and oxygen atoms in total. The second-order valence-corrected chi connectivity index (χ2v) is 5.39. The molecule has 0 atom stereocenters. The molecule has 3 rings (SSSR count). The van der Waals surface area contributed by atoms with Crippen LogP contribution < -0.4 is 10.2 Å². The fraction of sp³-hybridized carbons (Fsp3) is 0.750. The number of nitrogens with one attached hydrogen (secondary N) is 1. The summed E-state index contributed by atoms with van der Waals surface area (Å²) in [5.41, 5.74) is 0. The van der Waals surface area contributed by atoms with E-state index in [1.165, 1.54) is 38.5 Å². The van der Waals surface area contributed by atoms with E-state index in [2.05, 4.69) is 25.2 Å². The van der Waals surface area contributed by atoms with Crippen molar-refractivity contribution >= 4 is 23.5 Å². The van der Waals surface area contributed by atoms with Crippen molar-refractivity contribution in [1.29, 1.82) is 0 Å². The second-order valence-electron chi connectivity index (χ2n) is 5.05. The SMILES string of the molecule is Clc1nc(NC2CCCC2)nc(N2CCCC2)n1. The lowest BCUT2D eigenvalue weighted by molar-refractivity contribution is 0.739. The van der Waals surface area contributed by atoms with Crippen LogP contribution in [0.15, 0.2) is 0 Å². The van der Waals surface area contributed by atoms with Crippen molar-refractivity contribution < 1.29 is 0 Å². The lowest BCUT2D eigenvalue weighted by atomic mass is 10.3. The summed E-state index contributed by atoms with van der Waals surface area (Å²) >= 11 is 5.98. The molecule has 0 radical (unpaired) electrons. The fourth-order valence-electron chi connectivity index (χ4n) is 2.72. The number of anilines is 2. The third-order valence-electron chi connectivity index (χ3n) is 3.67. The van der Waals surface area contributed by atoms with E-state index in [4.69, 9.17) is 11.6 Å². The molecule has 1 saturated carbocycles. The predicted octanol–water partition coefficient (Wildman–Crippen LogP) is 2.48. The summed E-state index contributed by atoms with van der Waals surface area (Å²) in [7, 11) is 0. The monoisotopic (exact) mass is 267 g/mol. The Kier molecular flexibility index (Phi) is 3.50. The van der Waals surface area contributed by atoms with E-state index < -0.39 is 0 Å². The van der Waals surface area contributed by atoms with Crippen LogP contribution in [0.1, 0.15) is 38.5 Å². The van der Waals surface area contributed by atoms with Crippen LogP contribution in [0.2, 0.25) is 5.28 Å². The van der Waals surface area contributed by atoms with Crippen LogP contribution in [0, 0.1) is 0 Å². The van der Waals surface area contributed by atoms with Crippen molar-refractivity contribution in [1.82, 2.24) is 15.0 Å². The molecule has 1 saturated heterocycles. The van der Waals surface area contributed by atoms with Crippen LogP contribution in [-0.4, -0.2) is 34.1 Å². The van der Waals surface area contributed by atoms with Crippen LogP contribution in [0.5, 0.6) is 0 Å². The van der Waals surface area contributed by atoms with Gasteiger partial charge in [-0.3, -0.25) is 0 Å². The van der Waals surface area contributed by atoms with Crippen LogP contribution in [0.3, 0.4) is 0 Å². The third kappa shape index (κ3) is 2.66. The van der Waals surface area contributed by atoms with Crippen LogP contribution in [0.25, 0.3) is 0 Å². The molecule has 0 spiro atoms. The number of aromatic nitrogens is 3. The first kappa shape index (κ1) is 12.0. The minimum atomic E-state index is 0.285. The van der Waals surface area contributed by atoms with Gasteiger partial charge in [-0.2, -0.15) is 15.0 Å². The average Bonchev–Trinajstić information content (AvgIpc) is 3.00. The van der Waals surface area contributed by atoms with Gasteiger partial charge in [0.2, 0.25) is 17.2 Å². The van der Waals surface area contributed by atoms with Crippen molar-refractivity contribution in [3.63, 3.8) is 0 Å². The summed E-state index contributed by atoms with van der Waals surface area (Å²) in [6.45, 7) is 2.03. The molecule has 0 aromatic carbocycles. The molecule has 2 fully saturated rings. The van der Waals surface area contributed by atoms with E-state index in [9.17, 15) is 0 Å². The molecule has 0 amide bonds. The van der Waals surface area contributed by atoms with E-state index in [0.29, 0.717) is 17.9 Å². The number of hydrogen-bond donors (Lipinski definition) is 1. The maximum Gasteiger partial charge on any atom is 0.231 e. The maximum atomic E-state index is 5.98. The quantitative estimate of drug-likeness (QED) is 0.912. The Hall–Kier alpha value is -1.10. The highest BCUT2D eigenvalue weighted by atomic mass is 35.5. The summed E-state index contributed by atoms with van der Waals surface area (Å²) in [5, 5.41) is 3.66. The highest BCUT2D eigenvalue weighted by molar-refractivity contribution is 6.28. The van der Waals surface area contributed by atoms with E-state index >= 15 is 0 Å². The van der Waals surface area contributed by atoms with Gasteiger partial charge in [0, 0.05) is 19.1 Å². The van der Waals surface area contributed by atoms with Crippen molar-refractivity contribution in [2.24, 2.45) is 0 Å². The predicted molar refractivity (Wildman–Crippen MR) is 72.2 cm³/mol. The molecule has 1 N–H and O–H groups in total. The largest absolute Gasteiger partial charge is 0.351 e. The zero-order valence-electron chi connectivity index (χ0n) is 10.4. The molecule has 0 unspecified atom stereocenters. The number of rotatable bonds is 3. The van der Waals surface area contributed by atoms with Gasteiger partial charge in [0.15, 0.2) is 0 Å². The lowest BCUT2D eigenvalue weighted by Crippen LogP contribution is -2.23. The van der Waals surface area contributed by atoms with Crippen LogP contribution in [-0.2, 0) is 0 Å². The molecule has 0 bridgehead atoms. The number of halogens is 1. The first-order chi connectivity index (χ1) is 8.81. The van der Waals surface area contributed by atoms with Gasteiger partial charge in [-0.25, -0.2) is 0 Å². The molecule has 1 aromatic rings. The Balaban J connectivity index is 1.76. The van der Waals surface area contributed by atoms with Gasteiger partial charge in [-0.1, -0.05) is 12.8 Å². The standard InChI is InChI=1S/C12H18ClN5/c13-10-15-11(14-9-5-1-2-6-9)17-12(16-10)18-7-3-4-8-18/h9H,1-8H2,(H,14,15,16,17). The Labute approximate surface area is 112 Å². The molecular formula is C12H18ClN5. The van der Waals surface area contributed by atoms with Gasteiger partial charge in [0.1, 0.15) is 0 Å². The lowest BCUT2D eigenvalue weighted by Gasteiger charge is -2.17. The molecule has 18 heavy (non-hydrogen) atoms. The molecule has 2 aliphatic rings. The topological polar surface area (TPSA) is 53.9 Å². The highest BCUT2D eigenvalue weighted by Crippen LogP contribution is 2.23. The first-order valence-corrected chi connectivity index (χ1v) is 7.12. The molecule has 1 aliphatic heterocycles. The Morgan fingerprint density at radius 2 is 1.72 bits per heavy atom. The van der Waals surface area contributed by atoms with Crippen molar-refractivity contribution in [3.05, 3.63) is 5.28 Å². The van der Waals surface area contributed by atoms with Crippen molar-refractivity contribution in [2.75, 3.05) is 23.3 Å². The van der Waals surface area contributed by atoms with Crippen molar-refractivity contribution in [3.8, 4) is 0 Å². The molecule has 1 aromatic heterocycles. The van der Waals surface area contributed by atoms with Gasteiger partial charge in [-0.15, -0.1) is 0 Å². The average molecular weight is 268 g/mol. The summed E-state index contributed by atoms with van der Waals surface area (Å²) < 4.78 is 0. The Morgan fingerprint density at radius 1 is 1.00 bits per heavy atom. The zero-order chi connectivity index (χ0) is 12.4. The van der Waals surface area contributed by atoms with Gasteiger partial charge in [0.25, 0.3) is 0 Å². The summed E-state index contributed by atoms with van der Waals surface area (Å²) in [5.74, 6) is 1.34. The molecular weight excluding hydrogens is 250 g/mol. The summed E-state index contributed by atoms with van der Waals surface area (Å²) in [4.78, 5) is 15.1. The molecule has 1 aliphatic carbocycles. The van der Waals surface area contributed by atoms with Gasteiger partial charge in [0.05, 0.1) is 0 Å². The van der Waals surface area contributed by atoms with Crippen LogP contribution in [0.4, 0.5) is 11.9 Å². The number of hydrogen-bond acceptors (Lipinski definition) is 5. The normalized spacial score (nSPS) is 20.6. The van der Waals surface area contributed by atoms with E-state index in [-0.39, 0.29) is 5.28 Å². The minimum Gasteiger partial charge on any atom is -0.351 e. The molecule has 2 heterocycles. The Morgan fingerprint density at radius 3 is 2.44 bits per heavy atom.